The molecule has 1 saturated heterocycles. The van der Waals surface area contributed by atoms with Gasteiger partial charge >= 0.3 is 0 Å². The van der Waals surface area contributed by atoms with Crippen LogP contribution < -0.4 is 10.6 Å². The van der Waals surface area contributed by atoms with Crippen molar-refractivity contribution in [2.45, 2.75) is 25.4 Å². The number of nitrogens with zero attached hydrogens (tertiary/aromatic N) is 3. The van der Waals surface area contributed by atoms with E-state index in [1.165, 1.54) is 5.56 Å². The molecule has 1 atom stereocenters. The molecule has 1 heterocycles. The number of ether oxygens (including phenoxy) is 1. The molecule has 2 rings (SSSR count). The van der Waals surface area contributed by atoms with E-state index in [0.29, 0.717) is 0 Å². The predicted molar refractivity (Wildman–Crippen MR) is 129 cm³/mol. The van der Waals surface area contributed by atoms with Crippen LogP contribution in [0.4, 0.5) is 0 Å². The Kier molecular flexibility index (Phi) is 11.1. The molecule has 1 aromatic rings. The fourth-order valence-electron chi connectivity index (χ4n) is 3.28. The molecule has 0 aromatic heterocycles. The van der Waals surface area contributed by atoms with E-state index in [2.05, 4.69) is 65.5 Å². The van der Waals surface area contributed by atoms with Crippen molar-refractivity contribution >= 4 is 41.5 Å². The summed E-state index contributed by atoms with van der Waals surface area (Å²) in [6.45, 7) is 9.65. The van der Waals surface area contributed by atoms with Crippen molar-refractivity contribution in [2.24, 2.45) is 4.99 Å². The van der Waals surface area contributed by atoms with Crippen molar-refractivity contribution in [3.63, 3.8) is 0 Å². The van der Waals surface area contributed by atoms with E-state index in [1.54, 1.807) is 0 Å². The number of aliphatic imine (C=N–C) groups is 1. The van der Waals surface area contributed by atoms with E-state index in [1.807, 2.05) is 19.2 Å². The van der Waals surface area contributed by atoms with Crippen LogP contribution >= 0.6 is 35.6 Å². The summed E-state index contributed by atoms with van der Waals surface area (Å²) in [6, 6.07) is 8.25. The molecule has 1 fully saturated rings. The van der Waals surface area contributed by atoms with Crippen molar-refractivity contribution < 1.29 is 4.74 Å². The second-order valence-electron chi connectivity index (χ2n) is 7.75. The number of hydrogen-bond donors (Lipinski definition) is 2. The lowest BCUT2D eigenvalue weighted by molar-refractivity contribution is -0.00834. The first kappa shape index (κ1) is 25.4. The first-order chi connectivity index (χ1) is 12.8. The van der Waals surface area contributed by atoms with Gasteiger partial charge in [0.1, 0.15) is 0 Å². The molecule has 0 aliphatic carbocycles. The fraction of sp³-hybridized carbons (Fsp3) is 0.650. The van der Waals surface area contributed by atoms with Gasteiger partial charge in [0.15, 0.2) is 5.96 Å². The third kappa shape index (κ3) is 7.67. The zero-order chi connectivity index (χ0) is 19.9. The van der Waals surface area contributed by atoms with Crippen LogP contribution in [0.25, 0.3) is 0 Å². The second kappa shape index (κ2) is 12.2. The first-order valence-corrected chi connectivity index (χ1v) is 9.90. The van der Waals surface area contributed by atoms with Crippen molar-refractivity contribution in [3.8, 4) is 0 Å². The van der Waals surface area contributed by atoms with Gasteiger partial charge in [-0.25, -0.2) is 0 Å². The Morgan fingerprint density at radius 2 is 1.82 bits per heavy atom. The van der Waals surface area contributed by atoms with Gasteiger partial charge in [-0.15, -0.1) is 24.0 Å². The Labute approximate surface area is 192 Å². The summed E-state index contributed by atoms with van der Waals surface area (Å²) in [4.78, 5) is 9.05. The van der Waals surface area contributed by atoms with Crippen LogP contribution in [0, 0.1) is 0 Å². The first-order valence-electron chi connectivity index (χ1n) is 9.52. The van der Waals surface area contributed by atoms with E-state index in [-0.39, 0.29) is 35.6 Å². The molecule has 160 valence electrons. The molecule has 0 saturated carbocycles. The summed E-state index contributed by atoms with van der Waals surface area (Å²) in [5.74, 6) is 0.817. The standard InChI is InChI=1S/C20H34ClN5O.HI/c1-20(2,26-10-12-27-13-11-26)15-24-19(22-3)23-14-18(25(4)5)16-6-8-17(21)9-7-16;/h6-9,18H,10-15H2,1-5H3,(H2,22,23,24);1H. The Hall–Kier alpha value is -0.610. The number of rotatable bonds is 7. The minimum Gasteiger partial charge on any atom is -0.379 e. The van der Waals surface area contributed by atoms with Gasteiger partial charge in [0.05, 0.1) is 19.3 Å². The molecule has 1 unspecified atom stereocenters. The number of nitrogens with one attached hydrogen (secondary N) is 2. The molecule has 1 aliphatic rings. The van der Waals surface area contributed by atoms with Crippen molar-refractivity contribution in [1.82, 2.24) is 20.4 Å². The van der Waals surface area contributed by atoms with Crippen molar-refractivity contribution in [3.05, 3.63) is 34.9 Å². The van der Waals surface area contributed by atoms with Gasteiger partial charge in [-0.1, -0.05) is 23.7 Å². The number of morpholine rings is 1. The van der Waals surface area contributed by atoms with Gasteiger partial charge in [0.25, 0.3) is 0 Å². The summed E-state index contributed by atoms with van der Waals surface area (Å²) in [5.41, 5.74) is 1.26. The molecular formula is C20H35ClIN5O. The Morgan fingerprint density at radius 3 is 2.36 bits per heavy atom. The maximum absolute atomic E-state index is 6.02. The zero-order valence-corrected chi connectivity index (χ0v) is 20.8. The predicted octanol–water partition coefficient (Wildman–Crippen LogP) is 2.84. The third-order valence-electron chi connectivity index (χ3n) is 5.12. The number of likely N-dealkylation sites (N-methyl/N-ethyl adjacent to an activating group) is 1. The van der Waals surface area contributed by atoms with Crippen molar-refractivity contribution in [1.29, 1.82) is 0 Å². The van der Waals surface area contributed by atoms with E-state index >= 15 is 0 Å². The average molecular weight is 524 g/mol. The second-order valence-corrected chi connectivity index (χ2v) is 8.19. The molecule has 28 heavy (non-hydrogen) atoms. The number of benzene rings is 1. The van der Waals surface area contributed by atoms with E-state index in [9.17, 15) is 0 Å². The van der Waals surface area contributed by atoms with Crippen LogP contribution in [0.3, 0.4) is 0 Å². The Morgan fingerprint density at radius 1 is 1.21 bits per heavy atom. The number of hydrogen-bond acceptors (Lipinski definition) is 4. The van der Waals surface area contributed by atoms with Gasteiger partial charge in [-0.05, 0) is 45.6 Å². The quantitative estimate of drug-likeness (QED) is 0.327. The average Bonchev–Trinajstić information content (AvgIpc) is 2.66. The monoisotopic (exact) mass is 523 g/mol. The topological polar surface area (TPSA) is 52.1 Å². The molecule has 0 amide bonds. The lowest BCUT2D eigenvalue weighted by atomic mass is 10.0. The normalized spacial score (nSPS) is 17.2. The smallest absolute Gasteiger partial charge is 0.191 e. The van der Waals surface area contributed by atoms with E-state index < -0.39 is 0 Å². The summed E-state index contributed by atoms with van der Waals surface area (Å²) in [5, 5.41) is 7.70. The minimum absolute atomic E-state index is 0. The van der Waals surface area contributed by atoms with E-state index in [4.69, 9.17) is 16.3 Å². The zero-order valence-electron chi connectivity index (χ0n) is 17.7. The fourth-order valence-corrected chi connectivity index (χ4v) is 3.40. The maximum Gasteiger partial charge on any atom is 0.191 e. The van der Waals surface area contributed by atoms with Crippen LogP contribution in [-0.2, 0) is 4.74 Å². The van der Waals surface area contributed by atoms with Crippen LogP contribution in [0.5, 0.6) is 0 Å². The van der Waals surface area contributed by atoms with Crippen LogP contribution in [-0.4, -0.2) is 81.8 Å². The van der Waals surface area contributed by atoms with Crippen LogP contribution in [0.1, 0.15) is 25.5 Å². The molecule has 6 nitrogen and oxygen atoms in total. The molecule has 8 heteroatoms. The largest absolute Gasteiger partial charge is 0.379 e. The molecule has 0 radical (unpaired) electrons. The van der Waals surface area contributed by atoms with Crippen LogP contribution in [0.15, 0.2) is 29.3 Å². The molecule has 2 N–H and O–H groups in total. The number of halogens is 2. The summed E-state index contributed by atoms with van der Waals surface area (Å²) in [6.07, 6.45) is 0. The van der Waals surface area contributed by atoms with Gasteiger partial charge in [0, 0.05) is 43.8 Å². The van der Waals surface area contributed by atoms with Gasteiger partial charge in [-0.3, -0.25) is 9.89 Å². The van der Waals surface area contributed by atoms with Crippen LogP contribution in [0.2, 0.25) is 5.02 Å². The highest BCUT2D eigenvalue weighted by Crippen LogP contribution is 2.20. The highest BCUT2D eigenvalue weighted by atomic mass is 127. The van der Waals surface area contributed by atoms with E-state index in [0.717, 1.165) is 50.4 Å². The Balaban J connectivity index is 0.00000392. The molecule has 0 bridgehead atoms. The highest BCUT2D eigenvalue weighted by molar-refractivity contribution is 14.0. The molecule has 1 aliphatic heterocycles. The third-order valence-corrected chi connectivity index (χ3v) is 5.37. The lowest BCUT2D eigenvalue weighted by Crippen LogP contribution is -2.56. The van der Waals surface area contributed by atoms with Gasteiger partial charge < -0.3 is 20.3 Å². The molecule has 0 spiro atoms. The maximum atomic E-state index is 6.02. The summed E-state index contributed by atoms with van der Waals surface area (Å²) >= 11 is 6.02. The summed E-state index contributed by atoms with van der Waals surface area (Å²) < 4.78 is 5.47. The van der Waals surface area contributed by atoms with Gasteiger partial charge in [0.2, 0.25) is 0 Å². The Bertz CT molecular complexity index is 603. The number of guanidine groups is 1. The molecule has 1 aromatic carbocycles. The lowest BCUT2D eigenvalue weighted by Gasteiger charge is -2.41. The SMILES string of the molecule is CN=C(NCC(c1ccc(Cl)cc1)N(C)C)NCC(C)(C)N1CCOCC1.I. The summed E-state index contributed by atoms with van der Waals surface area (Å²) in [7, 11) is 5.97. The van der Waals surface area contributed by atoms with Gasteiger partial charge in [-0.2, -0.15) is 0 Å². The minimum atomic E-state index is 0. The molecular weight excluding hydrogens is 489 g/mol. The van der Waals surface area contributed by atoms with Crippen molar-refractivity contribution in [2.75, 3.05) is 60.5 Å². The highest BCUT2D eigenvalue weighted by Gasteiger charge is 2.28.